The molecule has 6 heteroatoms. The molecule has 0 radical (unpaired) electrons. The summed E-state index contributed by atoms with van der Waals surface area (Å²) >= 11 is 0. The topological polar surface area (TPSA) is 54.0 Å². The van der Waals surface area contributed by atoms with Gasteiger partial charge in [0.1, 0.15) is 11.6 Å². The van der Waals surface area contributed by atoms with Crippen molar-refractivity contribution in [3.8, 4) is 0 Å². The summed E-state index contributed by atoms with van der Waals surface area (Å²) in [6.45, 7) is 4.06. The number of carbonyl (C=O) groups excluding carboxylic acids is 1. The number of nitrogens with one attached hydrogen (secondary N) is 2. The van der Waals surface area contributed by atoms with Gasteiger partial charge >= 0.3 is 0 Å². The zero-order chi connectivity index (χ0) is 16.1. The van der Waals surface area contributed by atoms with Crippen LogP contribution < -0.4 is 10.6 Å². The molecule has 1 unspecified atom stereocenters. The molecule has 1 atom stereocenters. The van der Waals surface area contributed by atoms with Crippen LogP contribution in [-0.4, -0.2) is 16.9 Å². The van der Waals surface area contributed by atoms with Gasteiger partial charge in [0, 0.05) is 24.5 Å². The summed E-state index contributed by atoms with van der Waals surface area (Å²) in [5, 5.41) is 5.60. The third-order valence-corrected chi connectivity index (χ3v) is 3.21. The van der Waals surface area contributed by atoms with Gasteiger partial charge < -0.3 is 10.6 Å². The van der Waals surface area contributed by atoms with Crippen molar-refractivity contribution < 1.29 is 13.6 Å². The van der Waals surface area contributed by atoms with Crippen molar-refractivity contribution in [1.29, 1.82) is 0 Å². The Kier molecular flexibility index (Phi) is 5.04. The maximum atomic E-state index is 13.5. The van der Waals surface area contributed by atoms with Crippen LogP contribution in [0.1, 0.15) is 30.6 Å². The number of aromatic nitrogens is 1. The maximum Gasteiger partial charge on any atom is 0.257 e. The van der Waals surface area contributed by atoms with Gasteiger partial charge in [0.05, 0.1) is 16.9 Å². The van der Waals surface area contributed by atoms with E-state index in [-0.39, 0.29) is 17.3 Å². The number of anilines is 2. The Morgan fingerprint density at radius 2 is 2.05 bits per heavy atom. The molecular formula is C16H17F2N3O. The van der Waals surface area contributed by atoms with Gasteiger partial charge in [-0.2, -0.15) is 0 Å². The van der Waals surface area contributed by atoms with Crippen molar-refractivity contribution in [2.75, 3.05) is 10.6 Å². The first-order chi connectivity index (χ1) is 10.5. The van der Waals surface area contributed by atoms with E-state index < -0.39 is 17.5 Å². The van der Waals surface area contributed by atoms with Crippen molar-refractivity contribution in [3.63, 3.8) is 0 Å². The molecule has 116 valence electrons. The molecule has 2 aromatic rings. The Bertz CT molecular complexity index is 676. The van der Waals surface area contributed by atoms with Crippen LogP contribution in [0.5, 0.6) is 0 Å². The van der Waals surface area contributed by atoms with E-state index in [9.17, 15) is 13.6 Å². The lowest BCUT2D eigenvalue weighted by molar-refractivity contribution is 0.102. The van der Waals surface area contributed by atoms with Crippen LogP contribution in [0, 0.1) is 11.6 Å². The van der Waals surface area contributed by atoms with Crippen molar-refractivity contribution in [3.05, 3.63) is 53.9 Å². The third kappa shape index (κ3) is 4.00. The van der Waals surface area contributed by atoms with Gasteiger partial charge in [0.2, 0.25) is 0 Å². The van der Waals surface area contributed by atoms with Gasteiger partial charge in [0.15, 0.2) is 0 Å². The molecule has 0 aliphatic carbocycles. The molecular weight excluding hydrogens is 288 g/mol. The minimum atomic E-state index is -0.824. The van der Waals surface area contributed by atoms with E-state index in [1.165, 1.54) is 12.3 Å². The predicted molar refractivity (Wildman–Crippen MR) is 81.9 cm³/mol. The number of hydrogen-bond acceptors (Lipinski definition) is 3. The monoisotopic (exact) mass is 305 g/mol. The molecule has 1 aromatic heterocycles. The Morgan fingerprint density at radius 3 is 2.73 bits per heavy atom. The zero-order valence-corrected chi connectivity index (χ0v) is 12.4. The van der Waals surface area contributed by atoms with Crippen LogP contribution in [0.25, 0.3) is 0 Å². The lowest BCUT2D eigenvalue weighted by atomic mass is 10.2. The molecule has 0 saturated heterocycles. The Balaban J connectivity index is 2.14. The lowest BCUT2D eigenvalue weighted by Gasteiger charge is -2.13. The van der Waals surface area contributed by atoms with Crippen molar-refractivity contribution >= 4 is 17.3 Å². The second-order valence-corrected chi connectivity index (χ2v) is 4.99. The van der Waals surface area contributed by atoms with Crippen LogP contribution in [0.4, 0.5) is 20.2 Å². The fraction of sp³-hybridized carbons (Fsp3) is 0.250. The Hall–Kier alpha value is -2.50. The summed E-state index contributed by atoms with van der Waals surface area (Å²) in [4.78, 5) is 16.1. The van der Waals surface area contributed by atoms with Gasteiger partial charge in [-0.1, -0.05) is 6.92 Å². The van der Waals surface area contributed by atoms with Crippen molar-refractivity contribution in [1.82, 2.24) is 4.98 Å². The van der Waals surface area contributed by atoms with Gasteiger partial charge in [-0.3, -0.25) is 9.78 Å². The smallest absolute Gasteiger partial charge is 0.257 e. The maximum absolute atomic E-state index is 13.5. The first kappa shape index (κ1) is 15.9. The Labute approximate surface area is 127 Å². The fourth-order valence-electron chi connectivity index (χ4n) is 1.81. The molecule has 0 saturated carbocycles. The number of benzene rings is 1. The molecule has 2 N–H and O–H groups in total. The van der Waals surface area contributed by atoms with E-state index in [1.807, 2.05) is 13.8 Å². The standard InChI is InChI=1S/C16H17F2N3O/c1-3-10(2)20-13-6-11(8-19-9-13)16(22)21-15-5-4-12(17)7-14(15)18/h4-10,20H,3H2,1-2H3,(H,21,22). The summed E-state index contributed by atoms with van der Waals surface area (Å²) < 4.78 is 26.4. The number of pyridine rings is 1. The highest BCUT2D eigenvalue weighted by Crippen LogP contribution is 2.17. The summed E-state index contributed by atoms with van der Waals surface area (Å²) in [6, 6.07) is 4.86. The minimum Gasteiger partial charge on any atom is -0.381 e. The van der Waals surface area contributed by atoms with E-state index in [0.717, 1.165) is 18.6 Å². The van der Waals surface area contributed by atoms with Crippen molar-refractivity contribution in [2.24, 2.45) is 0 Å². The average Bonchev–Trinajstić information content (AvgIpc) is 2.50. The van der Waals surface area contributed by atoms with Gasteiger partial charge in [-0.15, -0.1) is 0 Å². The van der Waals surface area contributed by atoms with Gasteiger partial charge in [0.25, 0.3) is 5.91 Å². The first-order valence-electron chi connectivity index (χ1n) is 6.97. The predicted octanol–water partition coefficient (Wildman–Crippen LogP) is 3.82. The average molecular weight is 305 g/mol. The number of nitrogens with zero attached hydrogens (tertiary/aromatic N) is 1. The summed E-state index contributed by atoms with van der Waals surface area (Å²) in [5.41, 5.74) is 0.922. The highest BCUT2D eigenvalue weighted by molar-refractivity contribution is 6.04. The first-order valence-corrected chi connectivity index (χ1v) is 6.97. The molecule has 0 bridgehead atoms. The molecule has 2 rings (SSSR count). The zero-order valence-electron chi connectivity index (χ0n) is 12.4. The second kappa shape index (κ2) is 6.98. The summed E-state index contributed by atoms with van der Waals surface area (Å²) in [6.07, 6.45) is 3.93. The van der Waals surface area contributed by atoms with E-state index in [4.69, 9.17) is 0 Å². The minimum absolute atomic E-state index is 0.0771. The molecule has 0 aliphatic heterocycles. The molecule has 22 heavy (non-hydrogen) atoms. The second-order valence-electron chi connectivity index (χ2n) is 4.99. The van der Waals surface area contributed by atoms with Gasteiger partial charge in [-0.05, 0) is 31.5 Å². The van der Waals surface area contributed by atoms with Crippen molar-refractivity contribution in [2.45, 2.75) is 26.3 Å². The van der Waals surface area contributed by atoms with E-state index in [0.29, 0.717) is 5.69 Å². The molecule has 1 aromatic carbocycles. The van der Waals surface area contributed by atoms with Gasteiger partial charge in [-0.25, -0.2) is 8.78 Å². The van der Waals surface area contributed by atoms with Crippen LogP contribution in [0.15, 0.2) is 36.7 Å². The third-order valence-electron chi connectivity index (χ3n) is 3.21. The largest absolute Gasteiger partial charge is 0.381 e. The normalized spacial score (nSPS) is 11.8. The quantitative estimate of drug-likeness (QED) is 0.883. The van der Waals surface area contributed by atoms with Crippen LogP contribution in [0.2, 0.25) is 0 Å². The van der Waals surface area contributed by atoms with E-state index in [2.05, 4.69) is 15.6 Å². The number of rotatable bonds is 5. The number of carbonyl (C=O) groups is 1. The highest BCUT2D eigenvalue weighted by atomic mass is 19.1. The van der Waals surface area contributed by atoms with Crippen LogP contribution in [0.3, 0.4) is 0 Å². The summed E-state index contributed by atoms with van der Waals surface area (Å²) in [7, 11) is 0. The fourth-order valence-corrected chi connectivity index (χ4v) is 1.81. The summed E-state index contributed by atoms with van der Waals surface area (Å²) in [5.74, 6) is -2.03. The molecule has 0 fully saturated rings. The molecule has 0 aliphatic rings. The lowest BCUT2D eigenvalue weighted by Crippen LogP contribution is -2.16. The van der Waals surface area contributed by atoms with Crippen LogP contribution >= 0.6 is 0 Å². The molecule has 1 heterocycles. The highest BCUT2D eigenvalue weighted by Gasteiger charge is 2.11. The van der Waals surface area contributed by atoms with E-state index in [1.54, 1.807) is 12.3 Å². The van der Waals surface area contributed by atoms with Crippen LogP contribution in [-0.2, 0) is 0 Å². The number of amides is 1. The Morgan fingerprint density at radius 1 is 1.27 bits per heavy atom. The molecule has 1 amide bonds. The number of halogens is 2. The number of hydrogen-bond donors (Lipinski definition) is 2. The molecule has 0 spiro atoms. The molecule has 4 nitrogen and oxygen atoms in total. The SMILES string of the molecule is CCC(C)Nc1cncc(C(=O)Nc2ccc(F)cc2F)c1. The van der Waals surface area contributed by atoms with E-state index >= 15 is 0 Å².